The highest BCUT2D eigenvalue weighted by molar-refractivity contribution is 9.09. The molecule has 0 bridgehead atoms. The molecule has 4 atom stereocenters. The van der Waals surface area contributed by atoms with E-state index in [2.05, 4.69) is 44.0 Å². The largest absolute Gasteiger partial charge is 0.0891 e. The normalized spacial score (nSPS) is 47.6. The Kier molecular flexibility index (Phi) is 7.28. The monoisotopic (exact) mass is 484 g/mol. The molecule has 0 aliphatic heterocycles. The van der Waals surface area contributed by atoms with Gasteiger partial charge in [-0.2, -0.15) is 0 Å². The van der Waals surface area contributed by atoms with E-state index in [9.17, 15) is 0 Å². The van der Waals surface area contributed by atoms with Gasteiger partial charge in [0.05, 0.1) is 0 Å². The third-order valence-corrected chi connectivity index (χ3v) is 10.5. The number of alkyl halides is 2. The van der Waals surface area contributed by atoms with Gasteiger partial charge in [0.25, 0.3) is 0 Å². The minimum Gasteiger partial charge on any atom is -0.0891 e. The standard InChI is InChI=1S/C24H38Br2/c25-21-14-11-19(12-15-21)18-8-5-17(6-9-18)7-10-20-13-16-24(26)23-4-2-1-3-22(20)23/h7,10,17-24H,1-6,8-9,11-16H2/b10-7+. The molecular weight excluding hydrogens is 448 g/mol. The summed E-state index contributed by atoms with van der Waals surface area (Å²) in [5.41, 5.74) is 0. The highest BCUT2D eigenvalue weighted by Crippen LogP contribution is 2.47. The molecule has 4 aliphatic rings. The molecule has 0 nitrogen and oxygen atoms in total. The molecule has 26 heavy (non-hydrogen) atoms. The van der Waals surface area contributed by atoms with Crippen LogP contribution in [0, 0.1) is 35.5 Å². The van der Waals surface area contributed by atoms with Crippen molar-refractivity contribution in [1.82, 2.24) is 0 Å². The highest BCUT2D eigenvalue weighted by Gasteiger charge is 2.38. The summed E-state index contributed by atoms with van der Waals surface area (Å²) in [7, 11) is 0. The van der Waals surface area contributed by atoms with Gasteiger partial charge in [0, 0.05) is 9.65 Å². The number of fused-ring (bicyclic) bond motifs is 1. The van der Waals surface area contributed by atoms with Gasteiger partial charge in [0.2, 0.25) is 0 Å². The minimum absolute atomic E-state index is 0.808. The molecule has 0 saturated heterocycles. The summed E-state index contributed by atoms with van der Waals surface area (Å²) in [6.45, 7) is 0. The quantitative estimate of drug-likeness (QED) is 0.278. The first-order valence-electron chi connectivity index (χ1n) is 11.7. The van der Waals surface area contributed by atoms with Crippen molar-refractivity contribution >= 4 is 31.9 Å². The first-order valence-corrected chi connectivity index (χ1v) is 13.5. The average Bonchev–Trinajstić information content (AvgIpc) is 2.69. The van der Waals surface area contributed by atoms with Crippen molar-refractivity contribution in [1.29, 1.82) is 0 Å². The lowest BCUT2D eigenvalue weighted by Crippen LogP contribution is -2.36. The molecule has 4 saturated carbocycles. The Bertz CT molecular complexity index is 457. The summed E-state index contributed by atoms with van der Waals surface area (Å²) < 4.78 is 0. The second-order valence-electron chi connectivity index (χ2n) is 9.94. The molecule has 0 radical (unpaired) electrons. The molecule has 2 heteroatoms. The van der Waals surface area contributed by atoms with E-state index in [-0.39, 0.29) is 0 Å². The van der Waals surface area contributed by atoms with Crippen molar-refractivity contribution < 1.29 is 0 Å². The van der Waals surface area contributed by atoms with Crippen molar-refractivity contribution in [2.24, 2.45) is 35.5 Å². The maximum Gasteiger partial charge on any atom is 0.0177 e. The molecule has 0 aromatic rings. The molecule has 0 N–H and O–H groups in total. The van der Waals surface area contributed by atoms with Crippen molar-refractivity contribution in [3.8, 4) is 0 Å². The van der Waals surface area contributed by atoms with Crippen molar-refractivity contribution in [2.75, 3.05) is 0 Å². The summed E-state index contributed by atoms with van der Waals surface area (Å²) in [5, 5.41) is 0. The van der Waals surface area contributed by atoms with Crippen molar-refractivity contribution in [2.45, 2.75) is 99.5 Å². The van der Waals surface area contributed by atoms with Crippen LogP contribution in [0.25, 0.3) is 0 Å². The van der Waals surface area contributed by atoms with Crippen LogP contribution in [-0.4, -0.2) is 9.65 Å². The Morgan fingerprint density at radius 1 is 0.538 bits per heavy atom. The lowest BCUT2D eigenvalue weighted by atomic mass is 9.65. The van der Waals surface area contributed by atoms with E-state index >= 15 is 0 Å². The Morgan fingerprint density at radius 2 is 1.15 bits per heavy atom. The van der Waals surface area contributed by atoms with Crippen LogP contribution in [0.3, 0.4) is 0 Å². The second kappa shape index (κ2) is 9.47. The van der Waals surface area contributed by atoms with Crippen LogP contribution >= 0.6 is 31.9 Å². The predicted octanol–water partition coefficient (Wildman–Crippen LogP) is 8.28. The first-order chi connectivity index (χ1) is 12.7. The predicted molar refractivity (Wildman–Crippen MR) is 120 cm³/mol. The summed E-state index contributed by atoms with van der Waals surface area (Å²) >= 11 is 7.83. The number of hydrogen-bond acceptors (Lipinski definition) is 0. The lowest BCUT2D eigenvalue weighted by molar-refractivity contribution is 0.137. The van der Waals surface area contributed by atoms with Gasteiger partial charge in [0.1, 0.15) is 0 Å². The van der Waals surface area contributed by atoms with E-state index in [0.29, 0.717) is 0 Å². The van der Waals surface area contributed by atoms with Gasteiger partial charge in [-0.3, -0.25) is 0 Å². The van der Waals surface area contributed by atoms with Gasteiger partial charge in [-0.15, -0.1) is 0 Å². The SMILES string of the molecule is BrC1CCC(C2CCC(/C=C/C3CCC(Br)C4CCCCC34)CC2)CC1. The van der Waals surface area contributed by atoms with Gasteiger partial charge in [0.15, 0.2) is 0 Å². The molecule has 0 heterocycles. The zero-order valence-electron chi connectivity index (χ0n) is 16.4. The maximum atomic E-state index is 4.01. The van der Waals surface area contributed by atoms with Crippen LogP contribution in [0.15, 0.2) is 12.2 Å². The molecule has 4 aliphatic carbocycles. The van der Waals surface area contributed by atoms with Crippen molar-refractivity contribution in [3.63, 3.8) is 0 Å². The first kappa shape index (κ1) is 20.0. The van der Waals surface area contributed by atoms with E-state index in [1.807, 2.05) is 0 Å². The Balaban J connectivity index is 1.26. The smallest absolute Gasteiger partial charge is 0.0177 e. The molecule has 4 unspecified atom stereocenters. The van der Waals surface area contributed by atoms with Gasteiger partial charge < -0.3 is 0 Å². The number of rotatable bonds is 3. The number of halogens is 2. The fraction of sp³-hybridized carbons (Fsp3) is 0.917. The topological polar surface area (TPSA) is 0 Å². The van der Waals surface area contributed by atoms with Gasteiger partial charge in [-0.1, -0.05) is 56.9 Å². The molecular formula is C24H38Br2. The van der Waals surface area contributed by atoms with E-state index in [1.54, 1.807) is 0 Å². The lowest BCUT2D eigenvalue weighted by Gasteiger charge is -2.43. The zero-order chi connectivity index (χ0) is 17.9. The maximum absolute atomic E-state index is 4.01. The third-order valence-electron chi connectivity index (χ3n) is 8.48. The van der Waals surface area contributed by atoms with Gasteiger partial charge >= 0.3 is 0 Å². The van der Waals surface area contributed by atoms with E-state index in [0.717, 1.165) is 45.2 Å². The van der Waals surface area contributed by atoms with Crippen LogP contribution in [0.1, 0.15) is 89.9 Å². The summed E-state index contributed by atoms with van der Waals surface area (Å²) in [6.07, 6.45) is 25.9. The molecule has 0 spiro atoms. The van der Waals surface area contributed by atoms with E-state index in [1.165, 1.54) is 89.9 Å². The van der Waals surface area contributed by atoms with Crippen LogP contribution in [0.4, 0.5) is 0 Å². The number of allylic oxidation sites excluding steroid dienone is 2. The van der Waals surface area contributed by atoms with Crippen molar-refractivity contribution in [3.05, 3.63) is 12.2 Å². The molecule has 4 fully saturated rings. The molecule has 148 valence electrons. The minimum atomic E-state index is 0.808. The van der Waals surface area contributed by atoms with E-state index < -0.39 is 0 Å². The summed E-state index contributed by atoms with van der Waals surface area (Å²) in [6, 6.07) is 0. The number of hydrogen-bond donors (Lipinski definition) is 0. The second-order valence-corrected chi connectivity index (χ2v) is 12.4. The highest BCUT2D eigenvalue weighted by atomic mass is 79.9. The van der Waals surface area contributed by atoms with Crippen LogP contribution < -0.4 is 0 Å². The van der Waals surface area contributed by atoms with Gasteiger partial charge in [-0.05, 0) is 113 Å². The summed E-state index contributed by atoms with van der Waals surface area (Å²) in [5.74, 6) is 5.82. The van der Waals surface area contributed by atoms with Crippen LogP contribution in [-0.2, 0) is 0 Å². The van der Waals surface area contributed by atoms with Crippen LogP contribution in [0.2, 0.25) is 0 Å². The molecule has 0 amide bonds. The fourth-order valence-corrected chi connectivity index (χ4v) is 8.30. The third kappa shape index (κ3) is 4.81. The molecule has 0 aromatic carbocycles. The van der Waals surface area contributed by atoms with Gasteiger partial charge in [-0.25, -0.2) is 0 Å². The molecule has 4 rings (SSSR count). The molecule has 0 aromatic heterocycles. The Morgan fingerprint density at radius 3 is 1.85 bits per heavy atom. The zero-order valence-corrected chi connectivity index (χ0v) is 19.6. The van der Waals surface area contributed by atoms with E-state index in [4.69, 9.17) is 0 Å². The summed E-state index contributed by atoms with van der Waals surface area (Å²) in [4.78, 5) is 1.62. The Labute approximate surface area is 178 Å². The Hall–Kier alpha value is 0.700. The fourth-order valence-electron chi connectivity index (χ4n) is 6.85. The average molecular weight is 486 g/mol. The van der Waals surface area contributed by atoms with Crippen LogP contribution in [0.5, 0.6) is 0 Å².